The molecule has 0 N–H and O–H groups in total. The predicted octanol–water partition coefficient (Wildman–Crippen LogP) is 4.67. The normalized spacial score (nSPS) is 16.1. The third-order valence-corrected chi connectivity index (χ3v) is 8.16. The lowest BCUT2D eigenvalue weighted by atomic mass is 9.89. The number of fused-ring (bicyclic) bond motifs is 1. The first-order valence-electron chi connectivity index (χ1n) is 10.4. The van der Waals surface area contributed by atoms with Crippen molar-refractivity contribution in [1.82, 2.24) is 4.31 Å². The van der Waals surface area contributed by atoms with E-state index in [1.807, 2.05) is 50.2 Å². The number of aryl methyl sites for hydroxylation is 2. The minimum absolute atomic E-state index is 0.0884. The van der Waals surface area contributed by atoms with Gasteiger partial charge in [0.15, 0.2) is 0 Å². The van der Waals surface area contributed by atoms with Crippen LogP contribution in [0.2, 0.25) is 0 Å². The summed E-state index contributed by atoms with van der Waals surface area (Å²) >= 11 is 0. The molecule has 4 nitrogen and oxygen atoms in total. The highest BCUT2D eigenvalue weighted by Gasteiger charge is 2.32. The Kier molecular flexibility index (Phi) is 5.76. The van der Waals surface area contributed by atoms with Gasteiger partial charge in [-0.2, -0.15) is 4.31 Å². The van der Waals surface area contributed by atoms with E-state index in [1.165, 1.54) is 4.31 Å². The Bertz CT molecular complexity index is 1190. The van der Waals surface area contributed by atoms with E-state index < -0.39 is 10.0 Å². The van der Waals surface area contributed by atoms with Crippen molar-refractivity contribution in [1.29, 1.82) is 0 Å². The zero-order chi connectivity index (χ0) is 21.3. The van der Waals surface area contributed by atoms with Crippen molar-refractivity contribution < 1.29 is 13.2 Å². The Morgan fingerprint density at radius 2 is 1.67 bits per heavy atom. The van der Waals surface area contributed by atoms with Crippen molar-refractivity contribution in [2.75, 3.05) is 13.1 Å². The number of Topliss-reactive ketones (excluding diaryl/α,β-unsaturated/α-hetero) is 1. The van der Waals surface area contributed by atoms with E-state index in [-0.39, 0.29) is 11.7 Å². The molecule has 0 saturated carbocycles. The van der Waals surface area contributed by atoms with E-state index in [0.29, 0.717) is 37.2 Å². The summed E-state index contributed by atoms with van der Waals surface area (Å²) in [5, 5.41) is 2.25. The molecule has 3 aromatic rings. The van der Waals surface area contributed by atoms with Gasteiger partial charge in [-0.25, -0.2) is 8.42 Å². The first-order chi connectivity index (χ1) is 14.4. The topological polar surface area (TPSA) is 54.5 Å². The molecule has 0 bridgehead atoms. The van der Waals surface area contributed by atoms with Gasteiger partial charge < -0.3 is 0 Å². The second kappa shape index (κ2) is 8.32. The van der Waals surface area contributed by atoms with Gasteiger partial charge in [-0.3, -0.25) is 4.79 Å². The van der Waals surface area contributed by atoms with Gasteiger partial charge >= 0.3 is 0 Å². The number of hydrogen-bond acceptors (Lipinski definition) is 3. The highest BCUT2D eigenvalue weighted by molar-refractivity contribution is 7.89. The minimum atomic E-state index is -3.52. The smallest absolute Gasteiger partial charge is 0.243 e. The lowest BCUT2D eigenvalue weighted by Gasteiger charge is -2.31. The van der Waals surface area contributed by atoms with Crippen LogP contribution in [0.5, 0.6) is 0 Å². The average molecular weight is 422 g/mol. The number of sulfonamides is 1. The SMILES string of the molecule is Cc1ccc(S(=O)(=O)N2CCC(C(=O)Cc3cccc4ccccc34)CC2)c(C)c1. The fourth-order valence-corrected chi connectivity index (χ4v) is 6.10. The molecule has 1 heterocycles. The van der Waals surface area contributed by atoms with Gasteiger partial charge in [0, 0.05) is 25.4 Å². The molecule has 0 unspecified atom stereocenters. The predicted molar refractivity (Wildman–Crippen MR) is 120 cm³/mol. The molecule has 30 heavy (non-hydrogen) atoms. The summed E-state index contributed by atoms with van der Waals surface area (Å²) < 4.78 is 27.7. The van der Waals surface area contributed by atoms with Crippen LogP contribution in [0, 0.1) is 19.8 Å². The summed E-state index contributed by atoms with van der Waals surface area (Å²) in [4.78, 5) is 13.3. The molecule has 0 radical (unpaired) electrons. The number of nitrogens with zero attached hydrogens (tertiary/aromatic N) is 1. The number of rotatable bonds is 5. The Balaban J connectivity index is 1.44. The second-order valence-corrected chi connectivity index (χ2v) is 10.1. The lowest BCUT2D eigenvalue weighted by Crippen LogP contribution is -2.40. The molecular weight excluding hydrogens is 394 g/mol. The number of carbonyl (C=O) groups excluding carboxylic acids is 1. The zero-order valence-electron chi connectivity index (χ0n) is 17.5. The number of carbonyl (C=O) groups is 1. The highest BCUT2D eigenvalue weighted by atomic mass is 32.2. The molecule has 4 rings (SSSR count). The van der Waals surface area contributed by atoms with Crippen molar-refractivity contribution in [3.05, 3.63) is 77.4 Å². The minimum Gasteiger partial charge on any atom is -0.299 e. The maximum absolute atomic E-state index is 13.1. The molecule has 1 aliphatic heterocycles. The molecule has 0 atom stereocenters. The summed E-state index contributed by atoms with van der Waals surface area (Å²) in [5.41, 5.74) is 2.86. The van der Waals surface area contributed by atoms with Gasteiger partial charge in [0.2, 0.25) is 10.0 Å². The molecular formula is C25H27NO3S. The van der Waals surface area contributed by atoms with Crippen LogP contribution in [0.3, 0.4) is 0 Å². The molecule has 156 valence electrons. The largest absolute Gasteiger partial charge is 0.299 e. The van der Waals surface area contributed by atoms with E-state index >= 15 is 0 Å². The summed E-state index contributed by atoms with van der Waals surface area (Å²) in [6.07, 6.45) is 1.55. The molecule has 3 aromatic carbocycles. The van der Waals surface area contributed by atoms with Crippen LogP contribution in [0.25, 0.3) is 10.8 Å². The maximum atomic E-state index is 13.1. The van der Waals surface area contributed by atoms with E-state index in [4.69, 9.17) is 0 Å². The number of benzene rings is 3. The summed E-state index contributed by atoms with van der Waals surface area (Å²) in [7, 11) is -3.52. The molecule has 0 spiro atoms. The van der Waals surface area contributed by atoms with Crippen molar-refractivity contribution >= 4 is 26.6 Å². The molecule has 1 saturated heterocycles. The third kappa shape index (κ3) is 4.05. The van der Waals surface area contributed by atoms with E-state index in [0.717, 1.165) is 27.5 Å². The molecule has 1 aliphatic rings. The second-order valence-electron chi connectivity index (χ2n) is 8.23. The first-order valence-corrected chi connectivity index (χ1v) is 11.9. The van der Waals surface area contributed by atoms with E-state index in [9.17, 15) is 13.2 Å². The number of hydrogen-bond donors (Lipinski definition) is 0. The van der Waals surface area contributed by atoms with Crippen LogP contribution < -0.4 is 0 Å². The molecule has 1 fully saturated rings. The van der Waals surface area contributed by atoms with E-state index in [1.54, 1.807) is 6.07 Å². The van der Waals surface area contributed by atoms with Crippen molar-refractivity contribution in [2.45, 2.75) is 38.0 Å². The van der Waals surface area contributed by atoms with Crippen LogP contribution in [0.15, 0.2) is 65.6 Å². The van der Waals surface area contributed by atoms with Crippen molar-refractivity contribution in [3.63, 3.8) is 0 Å². The van der Waals surface area contributed by atoms with Gasteiger partial charge in [-0.1, -0.05) is 60.2 Å². The van der Waals surface area contributed by atoms with Crippen LogP contribution in [-0.4, -0.2) is 31.6 Å². The van der Waals surface area contributed by atoms with Gasteiger partial charge in [-0.15, -0.1) is 0 Å². The van der Waals surface area contributed by atoms with Crippen LogP contribution >= 0.6 is 0 Å². The van der Waals surface area contributed by atoms with Crippen LogP contribution in [0.1, 0.15) is 29.5 Å². The van der Waals surface area contributed by atoms with Crippen molar-refractivity contribution in [2.24, 2.45) is 5.92 Å². The quantitative estimate of drug-likeness (QED) is 0.602. The molecule has 0 aliphatic carbocycles. The highest BCUT2D eigenvalue weighted by Crippen LogP contribution is 2.28. The van der Waals surface area contributed by atoms with Gasteiger partial charge in [0.05, 0.1) is 4.90 Å². The fourth-order valence-electron chi connectivity index (χ4n) is 4.42. The number of piperidine rings is 1. The van der Waals surface area contributed by atoms with Gasteiger partial charge in [0.1, 0.15) is 5.78 Å². The zero-order valence-corrected chi connectivity index (χ0v) is 18.3. The molecule has 5 heteroatoms. The summed E-state index contributed by atoms with van der Waals surface area (Å²) in [6, 6.07) is 19.6. The monoisotopic (exact) mass is 421 g/mol. The third-order valence-electron chi connectivity index (χ3n) is 6.10. The average Bonchev–Trinajstić information content (AvgIpc) is 2.74. The summed E-state index contributed by atoms with van der Waals surface area (Å²) in [5.74, 6) is 0.115. The van der Waals surface area contributed by atoms with Crippen LogP contribution in [-0.2, 0) is 21.2 Å². The lowest BCUT2D eigenvalue weighted by molar-refractivity contribution is -0.123. The standard InChI is InChI=1S/C25H27NO3S/c1-18-10-11-25(19(2)16-18)30(28,29)26-14-12-21(13-15-26)24(27)17-22-8-5-7-20-6-3-4-9-23(20)22/h3-11,16,21H,12-15,17H2,1-2H3. The van der Waals surface area contributed by atoms with Crippen molar-refractivity contribution in [3.8, 4) is 0 Å². The fraction of sp³-hybridized carbons (Fsp3) is 0.320. The van der Waals surface area contributed by atoms with E-state index in [2.05, 4.69) is 18.2 Å². The van der Waals surface area contributed by atoms with Crippen LogP contribution in [0.4, 0.5) is 0 Å². The Morgan fingerprint density at radius 3 is 2.40 bits per heavy atom. The first kappa shape index (κ1) is 20.8. The Labute approximate surface area is 178 Å². The maximum Gasteiger partial charge on any atom is 0.243 e. The molecule has 0 aromatic heterocycles. The molecule has 0 amide bonds. The summed E-state index contributed by atoms with van der Waals surface area (Å²) in [6.45, 7) is 4.57. The van der Waals surface area contributed by atoms with Gasteiger partial charge in [-0.05, 0) is 54.7 Å². The van der Waals surface area contributed by atoms with Gasteiger partial charge in [0.25, 0.3) is 0 Å². The Hall–Kier alpha value is -2.50. The Morgan fingerprint density at radius 1 is 0.967 bits per heavy atom. The number of ketones is 1.